The molecule has 5 rings (SSSR count). The fourth-order valence-electron chi connectivity index (χ4n) is 5.43. The van der Waals surface area contributed by atoms with Crippen LogP contribution < -0.4 is 9.46 Å². The number of piperidine rings is 1. The number of nitriles is 1. The third-order valence-corrected chi connectivity index (χ3v) is 9.58. The van der Waals surface area contributed by atoms with Crippen LogP contribution in [0.4, 0.5) is 14.9 Å². The van der Waals surface area contributed by atoms with Crippen LogP contribution in [0.15, 0.2) is 36.5 Å². The van der Waals surface area contributed by atoms with Gasteiger partial charge in [0.2, 0.25) is 0 Å². The number of benzene rings is 2. The molecule has 0 unspecified atom stereocenters. The minimum Gasteiger partial charge on any atom is -0.453 e. The summed E-state index contributed by atoms with van der Waals surface area (Å²) in [6, 6.07) is 8.91. The van der Waals surface area contributed by atoms with E-state index in [0.717, 1.165) is 22.5 Å². The topological polar surface area (TPSA) is 147 Å². The Kier molecular flexibility index (Phi) is 8.90. The van der Waals surface area contributed by atoms with E-state index in [4.69, 9.17) is 19.2 Å². The van der Waals surface area contributed by atoms with Gasteiger partial charge in [0.05, 0.1) is 34.6 Å². The first kappa shape index (κ1) is 32.3. The van der Waals surface area contributed by atoms with E-state index in [-0.39, 0.29) is 41.2 Å². The first-order valence-electron chi connectivity index (χ1n) is 14.8. The van der Waals surface area contributed by atoms with E-state index in [9.17, 15) is 22.9 Å². The lowest BCUT2D eigenvalue weighted by molar-refractivity contribution is -0.0485. The Morgan fingerprint density at radius 3 is 2.64 bits per heavy atom. The third-order valence-electron chi connectivity index (χ3n) is 8.02. The summed E-state index contributed by atoms with van der Waals surface area (Å²) in [5.74, 6) is -1.05. The number of nitrogens with zero attached hydrogens (tertiary/aromatic N) is 5. The van der Waals surface area contributed by atoms with E-state index in [1.54, 1.807) is 36.2 Å². The molecule has 12 nitrogen and oxygen atoms in total. The smallest absolute Gasteiger partial charge is 0.410 e. The van der Waals surface area contributed by atoms with Crippen molar-refractivity contribution in [2.24, 2.45) is 0 Å². The maximum absolute atomic E-state index is 14.9. The first-order valence-corrected chi connectivity index (χ1v) is 16.2. The van der Waals surface area contributed by atoms with Crippen molar-refractivity contribution in [1.82, 2.24) is 19.2 Å². The zero-order valence-electron chi connectivity index (χ0n) is 26.0. The summed E-state index contributed by atoms with van der Waals surface area (Å²) < 4.78 is 61.0. The number of rotatable bonds is 7. The molecule has 1 N–H and O–H groups in total. The lowest BCUT2D eigenvalue weighted by Gasteiger charge is -2.39. The second-order valence-corrected chi connectivity index (χ2v) is 14.1. The second kappa shape index (κ2) is 12.4. The highest BCUT2D eigenvalue weighted by Crippen LogP contribution is 2.43. The fourth-order valence-corrected chi connectivity index (χ4v) is 6.37. The molecule has 1 aromatic heterocycles. The van der Waals surface area contributed by atoms with Crippen molar-refractivity contribution in [3.8, 4) is 17.6 Å². The van der Waals surface area contributed by atoms with Crippen molar-refractivity contribution in [3.63, 3.8) is 0 Å². The number of anilines is 1. The number of aromatic nitrogens is 2. The molecule has 1 amide bonds. The van der Waals surface area contributed by atoms with Gasteiger partial charge >= 0.3 is 16.3 Å². The molecule has 0 bridgehead atoms. The molecular formula is C31H37FN6O6S. The highest BCUT2D eigenvalue weighted by Gasteiger charge is 2.44. The van der Waals surface area contributed by atoms with Gasteiger partial charge in [-0.25, -0.2) is 14.2 Å². The van der Waals surface area contributed by atoms with E-state index >= 15 is 0 Å². The number of fused-ring (bicyclic) bond motifs is 1. The number of carbonyl (C=O) groups is 1. The van der Waals surface area contributed by atoms with Gasteiger partial charge in [-0.3, -0.25) is 9.71 Å². The molecule has 240 valence electrons. The van der Waals surface area contributed by atoms with Gasteiger partial charge in [0.25, 0.3) is 0 Å². The zero-order valence-corrected chi connectivity index (χ0v) is 26.8. The van der Waals surface area contributed by atoms with Gasteiger partial charge in [-0.2, -0.15) is 18.0 Å². The summed E-state index contributed by atoms with van der Waals surface area (Å²) in [6.45, 7) is 8.96. The standard InChI is InChI=1S/C31H37FN6O6S/c1-6-37(5)45(40,41)36-24-10-8-23(32)28(22(24)17-33)43-21-7-9-25-26(15-21)35-27(18-34-25)20-16-31(42-19-20)11-13-38(14-12-31)29(39)44-30(2,3)4/h7-10,15,18,20,36H,6,11-14,16,19H2,1-5H3/t20-/m0/s1. The SMILES string of the molecule is CCN(C)S(=O)(=O)Nc1ccc(F)c(Oc2ccc3ncc([C@@H]4COC5(CCN(C(=O)OC(C)(C)C)CC5)C4)nc3c2)c1C#N. The summed E-state index contributed by atoms with van der Waals surface area (Å²) in [7, 11) is -2.58. The number of nitrogens with one attached hydrogen (secondary N) is 1. The summed E-state index contributed by atoms with van der Waals surface area (Å²) in [6.07, 6.45) is 3.53. The van der Waals surface area contributed by atoms with Crippen LogP contribution in [0.2, 0.25) is 0 Å². The van der Waals surface area contributed by atoms with E-state index in [2.05, 4.69) is 9.71 Å². The molecule has 45 heavy (non-hydrogen) atoms. The van der Waals surface area contributed by atoms with E-state index in [1.807, 2.05) is 26.8 Å². The highest BCUT2D eigenvalue weighted by atomic mass is 32.2. The molecule has 3 heterocycles. The van der Waals surface area contributed by atoms with Crippen LogP contribution in [0.25, 0.3) is 11.0 Å². The molecule has 2 saturated heterocycles. The molecular weight excluding hydrogens is 603 g/mol. The maximum Gasteiger partial charge on any atom is 0.410 e. The van der Waals surface area contributed by atoms with Crippen molar-refractivity contribution >= 4 is 33.0 Å². The molecule has 0 saturated carbocycles. The molecule has 1 spiro atoms. The first-order chi connectivity index (χ1) is 21.2. The Morgan fingerprint density at radius 1 is 1.24 bits per heavy atom. The second-order valence-electron chi connectivity index (χ2n) is 12.3. The quantitative estimate of drug-likeness (QED) is 0.363. The molecule has 2 fully saturated rings. The molecule has 14 heteroatoms. The van der Waals surface area contributed by atoms with Crippen LogP contribution in [-0.4, -0.2) is 78.2 Å². The van der Waals surface area contributed by atoms with Gasteiger partial charge in [-0.1, -0.05) is 6.92 Å². The maximum atomic E-state index is 14.9. The van der Waals surface area contributed by atoms with Gasteiger partial charge in [0, 0.05) is 44.9 Å². The van der Waals surface area contributed by atoms with Gasteiger partial charge in [0.15, 0.2) is 11.6 Å². The predicted molar refractivity (Wildman–Crippen MR) is 165 cm³/mol. The molecule has 0 aliphatic carbocycles. The van der Waals surface area contributed by atoms with Crippen molar-refractivity contribution in [1.29, 1.82) is 5.26 Å². The summed E-state index contributed by atoms with van der Waals surface area (Å²) in [4.78, 5) is 23.6. The Morgan fingerprint density at radius 2 is 1.98 bits per heavy atom. The number of carbonyl (C=O) groups excluding carboxylic acids is 1. The lowest BCUT2D eigenvalue weighted by Crippen LogP contribution is -2.47. The fraction of sp³-hybridized carbons (Fsp3) is 0.484. The Bertz CT molecular complexity index is 1750. The predicted octanol–water partition coefficient (Wildman–Crippen LogP) is 5.31. The highest BCUT2D eigenvalue weighted by molar-refractivity contribution is 7.90. The molecule has 0 radical (unpaired) electrons. The summed E-state index contributed by atoms with van der Waals surface area (Å²) >= 11 is 0. The van der Waals surface area contributed by atoms with E-state index in [1.165, 1.54) is 13.1 Å². The number of likely N-dealkylation sites (tertiary alicyclic amines) is 1. The monoisotopic (exact) mass is 640 g/mol. The van der Waals surface area contributed by atoms with Crippen LogP contribution >= 0.6 is 0 Å². The number of hydrogen-bond acceptors (Lipinski definition) is 9. The summed E-state index contributed by atoms with van der Waals surface area (Å²) in [5.41, 5.74) is 0.531. The van der Waals surface area contributed by atoms with Crippen molar-refractivity contribution < 1.29 is 31.8 Å². The minimum absolute atomic E-state index is 0.00635. The van der Waals surface area contributed by atoms with Gasteiger partial charge in [0.1, 0.15) is 23.0 Å². The zero-order chi connectivity index (χ0) is 32.6. The average Bonchev–Trinajstić information content (AvgIpc) is 3.40. The average molecular weight is 641 g/mol. The van der Waals surface area contributed by atoms with Crippen molar-refractivity contribution in [2.75, 3.05) is 38.0 Å². The van der Waals surface area contributed by atoms with Crippen LogP contribution in [0.5, 0.6) is 11.5 Å². The van der Waals surface area contributed by atoms with Gasteiger partial charge in [-0.05, 0) is 64.3 Å². The Labute approximate surface area is 262 Å². The van der Waals surface area contributed by atoms with Crippen molar-refractivity contribution in [3.05, 3.63) is 53.6 Å². The number of hydrogen-bond donors (Lipinski definition) is 1. The lowest BCUT2D eigenvalue weighted by atomic mass is 9.84. The van der Waals surface area contributed by atoms with Crippen LogP contribution in [0, 0.1) is 17.1 Å². The van der Waals surface area contributed by atoms with E-state index < -0.39 is 27.4 Å². The largest absolute Gasteiger partial charge is 0.453 e. The molecule has 3 aromatic rings. The molecule has 2 aliphatic heterocycles. The van der Waals surface area contributed by atoms with Gasteiger partial charge in [-0.15, -0.1) is 0 Å². The van der Waals surface area contributed by atoms with Crippen LogP contribution in [0.3, 0.4) is 0 Å². The van der Waals surface area contributed by atoms with Crippen molar-refractivity contribution in [2.45, 2.75) is 64.1 Å². The van der Waals surface area contributed by atoms with E-state index in [0.29, 0.717) is 43.6 Å². The van der Waals surface area contributed by atoms with Crippen LogP contribution in [-0.2, 0) is 19.7 Å². The third kappa shape index (κ3) is 7.11. The van der Waals surface area contributed by atoms with Crippen LogP contribution in [0.1, 0.15) is 64.1 Å². The minimum atomic E-state index is -3.96. The molecule has 1 atom stereocenters. The summed E-state index contributed by atoms with van der Waals surface area (Å²) in [5, 5.41) is 9.81. The molecule has 2 aromatic carbocycles. The number of halogens is 1. The number of ether oxygens (including phenoxy) is 3. The Hall–Kier alpha value is -4.06. The molecule has 2 aliphatic rings. The normalized spacial score (nSPS) is 18.3. The Balaban J connectivity index is 1.32. The van der Waals surface area contributed by atoms with Gasteiger partial charge < -0.3 is 19.1 Å². The number of amides is 1.